The van der Waals surface area contributed by atoms with Gasteiger partial charge in [-0.25, -0.2) is 4.79 Å². The van der Waals surface area contributed by atoms with Crippen LogP contribution in [0.1, 0.15) is 26.2 Å². The van der Waals surface area contributed by atoms with Gasteiger partial charge in [0.25, 0.3) is 0 Å². The molecule has 1 aliphatic rings. The van der Waals surface area contributed by atoms with Gasteiger partial charge in [-0.2, -0.15) is 0 Å². The lowest BCUT2D eigenvalue weighted by Gasteiger charge is -2.07. The summed E-state index contributed by atoms with van der Waals surface area (Å²) in [6.07, 6.45) is 2.87. The molecule has 0 amide bonds. The van der Waals surface area contributed by atoms with Crippen molar-refractivity contribution in [3.8, 4) is 0 Å². The second-order valence-electron chi connectivity index (χ2n) is 4.89. The molecule has 0 aromatic rings. The van der Waals surface area contributed by atoms with Crippen molar-refractivity contribution in [3.63, 3.8) is 0 Å². The molecule has 0 aromatic heterocycles. The number of carbonyl (C=O) groups excluding carboxylic acids is 2. The molecule has 0 aliphatic carbocycles. The molecule has 22 heavy (non-hydrogen) atoms. The first kappa shape index (κ1) is 19.3. The molecule has 0 atom stereocenters. The number of ether oxygens (including phenoxy) is 4. The van der Waals surface area contributed by atoms with Gasteiger partial charge in [-0.3, -0.25) is 4.79 Å². The first-order chi connectivity index (χ1) is 10.7. The fourth-order valence-corrected chi connectivity index (χ4v) is 4.05. The molecule has 1 heterocycles. The van der Waals surface area contributed by atoms with E-state index in [1.165, 1.54) is 24.3 Å². The van der Waals surface area contributed by atoms with Crippen molar-refractivity contribution in [2.45, 2.75) is 26.2 Å². The van der Waals surface area contributed by atoms with E-state index in [4.69, 9.17) is 18.9 Å². The summed E-state index contributed by atoms with van der Waals surface area (Å²) in [5.41, 5.74) is 0. The summed E-state index contributed by atoms with van der Waals surface area (Å²) >= 11 is 0. The predicted octanol–water partition coefficient (Wildman–Crippen LogP) is 0.928. The second kappa shape index (κ2) is 12.7. The molecule has 1 fully saturated rings. The van der Waals surface area contributed by atoms with E-state index >= 15 is 0 Å². The first-order valence-corrected chi connectivity index (χ1v) is 9.56. The van der Waals surface area contributed by atoms with Gasteiger partial charge in [0.15, 0.2) is 0 Å². The SMILES string of the molecule is CCC(=O)OCCOCCOCCOC(=O)C[S+]1CCCC1. The maximum atomic E-state index is 11.5. The van der Waals surface area contributed by atoms with Crippen molar-refractivity contribution in [2.75, 3.05) is 56.9 Å². The molecule has 0 spiro atoms. The van der Waals surface area contributed by atoms with Crippen LogP contribution < -0.4 is 0 Å². The summed E-state index contributed by atoms with van der Waals surface area (Å²) < 4.78 is 20.5. The van der Waals surface area contributed by atoms with E-state index < -0.39 is 0 Å². The Morgan fingerprint density at radius 2 is 1.32 bits per heavy atom. The lowest BCUT2D eigenvalue weighted by Crippen LogP contribution is -2.22. The van der Waals surface area contributed by atoms with Crippen LogP contribution in [0.5, 0.6) is 0 Å². The summed E-state index contributed by atoms with van der Waals surface area (Å²) in [6, 6.07) is 0. The zero-order valence-electron chi connectivity index (χ0n) is 13.3. The Bertz CT molecular complexity index is 317. The Hall–Kier alpha value is -0.790. The van der Waals surface area contributed by atoms with Crippen LogP contribution in [-0.2, 0) is 39.4 Å². The van der Waals surface area contributed by atoms with E-state index in [9.17, 15) is 9.59 Å². The van der Waals surface area contributed by atoms with Gasteiger partial charge in [0, 0.05) is 6.42 Å². The van der Waals surface area contributed by atoms with E-state index in [0.717, 1.165) is 0 Å². The highest BCUT2D eigenvalue weighted by atomic mass is 32.2. The first-order valence-electron chi connectivity index (χ1n) is 7.83. The number of hydrogen-bond donors (Lipinski definition) is 0. The Labute approximate surface area is 135 Å². The third kappa shape index (κ3) is 10.0. The molecular weight excluding hydrogens is 308 g/mol. The molecule has 0 saturated carbocycles. The van der Waals surface area contributed by atoms with Crippen LogP contribution in [0, 0.1) is 0 Å². The number of esters is 2. The molecule has 0 N–H and O–H groups in total. The quantitative estimate of drug-likeness (QED) is 0.300. The standard InChI is InChI=1S/C15H27O6S/c1-2-14(16)20-9-7-18-5-6-19-8-10-21-15(17)13-22-11-3-4-12-22/h2-13H2,1H3/q+1. The monoisotopic (exact) mass is 335 g/mol. The van der Waals surface area contributed by atoms with Crippen molar-refractivity contribution in [1.29, 1.82) is 0 Å². The second-order valence-corrected chi connectivity index (χ2v) is 7.22. The van der Waals surface area contributed by atoms with Crippen molar-refractivity contribution in [1.82, 2.24) is 0 Å². The van der Waals surface area contributed by atoms with E-state index in [1.807, 2.05) is 0 Å². The Balaban J connectivity index is 1.79. The molecule has 1 rings (SSSR count). The average molecular weight is 335 g/mol. The number of hydrogen-bond acceptors (Lipinski definition) is 6. The molecule has 0 radical (unpaired) electrons. The van der Waals surface area contributed by atoms with Gasteiger partial charge < -0.3 is 18.9 Å². The Morgan fingerprint density at radius 3 is 1.86 bits per heavy atom. The van der Waals surface area contributed by atoms with Crippen molar-refractivity contribution in [2.24, 2.45) is 0 Å². The fourth-order valence-electron chi connectivity index (χ4n) is 1.92. The van der Waals surface area contributed by atoms with Crippen molar-refractivity contribution >= 4 is 22.8 Å². The minimum Gasteiger partial charge on any atom is -0.463 e. The molecular formula is C15H27O6S+. The lowest BCUT2D eigenvalue weighted by atomic mass is 10.4. The van der Waals surface area contributed by atoms with Crippen LogP contribution >= 0.6 is 0 Å². The topological polar surface area (TPSA) is 71.1 Å². The van der Waals surface area contributed by atoms with E-state index in [-0.39, 0.29) is 29.4 Å². The summed E-state index contributed by atoms with van der Waals surface area (Å²) in [5, 5.41) is 0. The smallest absolute Gasteiger partial charge is 0.356 e. The van der Waals surface area contributed by atoms with Crippen LogP contribution in [0.4, 0.5) is 0 Å². The minimum absolute atomic E-state index is 0.108. The zero-order valence-corrected chi connectivity index (χ0v) is 14.2. The van der Waals surface area contributed by atoms with Crippen LogP contribution in [-0.4, -0.2) is 68.8 Å². The van der Waals surface area contributed by atoms with Gasteiger partial charge in [-0.05, 0) is 23.7 Å². The van der Waals surface area contributed by atoms with Gasteiger partial charge in [0.2, 0.25) is 5.75 Å². The lowest BCUT2D eigenvalue weighted by molar-refractivity contribution is -0.145. The molecule has 0 bridgehead atoms. The summed E-state index contributed by atoms with van der Waals surface area (Å²) in [6.45, 7) is 3.93. The summed E-state index contributed by atoms with van der Waals surface area (Å²) in [4.78, 5) is 22.4. The molecule has 1 aliphatic heterocycles. The highest BCUT2D eigenvalue weighted by molar-refractivity contribution is 7.97. The normalized spacial score (nSPS) is 15.0. The molecule has 0 unspecified atom stereocenters. The minimum atomic E-state index is -0.222. The van der Waals surface area contributed by atoms with Gasteiger partial charge in [0.05, 0.1) is 26.4 Å². The third-order valence-electron chi connectivity index (χ3n) is 3.08. The largest absolute Gasteiger partial charge is 0.463 e. The van der Waals surface area contributed by atoms with Gasteiger partial charge in [0.1, 0.15) is 24.7 Å². The Morgan fingerprint density at radius 1 is 0.818 bits per heavy atom. The van der Waals surface area contributed by atoms with Crippen molar-refractivity contribution in [3.05, 3.63) is 0 Å². The van der Waals surface area contributed by atoms with Crippen molar-refractivity contribution < 1.29 is 28.5 Å². The molecule has 6 nitrogen and oxygen atoms in total. The third-order valence-corrected chi connectivity index (χ3v) is 5.46. The number of carbonyl (C=O) groups is 2. The van der Waals surface area contributed by atoms with E-state index in [2.05, 4.69) is 0 Å². The maximum Gasteiger partial charge on any atom is 0.356 e. The molecule has 128 valence electrons. The van der Waals surface area contributed by atoms with E-state index in [1.54, 1.807) is 6.92 Å². The predicted molar refractivity (Wildman–Crippen MR) is 85.0 cm³/mol. The fraction of sp³-hybridized carbons (Fsp3) is 0.867. The molecule has 1 saturated heterocycles. The van der Waals surface area contributed by atoms with Crippen LogP contribution in [0.25, 0.3) is 0 Å². The summed E-state index contributed by atoms with van der Waals surface area (Å²) in [7, 11) is 0.254. The van der Waals surface area contributed by atoms with Crippen LogP contribution in [0.2, 0.25) is 0 Å². The highest BCUT2D eigenvalue weighted by Crippen LogP contribution is 2.13. The highest BCUT2D eigenvalue weighted by Gasteiger charge is 2.27. The molecule has 7 heteroatoms. The average Bonchev–Trinajstić information content (AvgIpc) is 3.01. The zero-order chi connectivity index (χ0) is 16.0. The van der Waals surface area contributed by atoms with Gasteiger partial charge in [-0.1, -0.05) is 6.92 Å². The number of rotatable bonds is 12. The maximum absolute atomic E-state index is 11.5. The van der Waals surface area contributed by atoms with Crippen LogP contribution in [0.3, 0.4) is 0 Å². The summed E-state index contributed by atoms with van der Waals surface area (Å²) in [5.74, 6) is 2.59. The van der Waals surface area contributed by atoms with Gasteiger partial charge >= 0.3 is 11.9 Å². The van der Waals surface area contributed by atoms with Gasteiger partial charge in [-0.15, -0.1) is 0 Å². The van der Waals surface area contributed by atoms with E-state index in [0.29, 0.717) is 45.2 Å². The van der Waals surface area contributed by atoms with Crippen LogP contribution in [0.15, 0.2) is 0 Å². The Kier molecular flexibility index (Phi) is 11.1. The molecule has 0 aromatic carbocycles.